The summed E-state index contributed by atoms with van der Waals surface area (Å²) in [5, 5.41) is 5.15. The van der Waals surface area contributed by atoms with Crippen LogP contribution in [0.5, 0.6) is 0 Å². The van der Waals surface area contributed by atoms with Crippen molar-refractivity contribution in [1.82, 2.24) is 20.3 Å². The lowest BCUT2D eigenvalue weighted by Crippen LogP contribution is -2.56. The molecule has 12 heteroatoms. The number of alkyl carbamates (subject to hydrolysis) is 1. The first-order valence-electron chi connectivity index (χ1n) is 12.1. The van der Waals surface area contributed by atoms with Gasteiger partial charge in [0.05, 0.1) is 0 Å². The monoisotopic (exact) mass is 514 g/mol. The van der Waals surface area contributed by atoms with E-state index in [0.29, 0.717) is 25.8 Å². The summed E-state index contributed by atoms with van der Waals surface area (Å²) in [5.74, 6) is -1.99. The second kappa shape index (κ2) is 12.5. The van der Waals surface area contributed by atoms with Gasteiger partial charge in [0.25, 0.3) is 17.2 Å². The molecule has 0 aromatic rings. The van der Waals surface area contributed by atoms with Gasteiger partial charge < -0.3 is 20.3 Å². The number of allylic oxidation sites excluding steroid dienone is 1. The highest BCUT2D eigenvalue weighted by atomic mass is 32.2. The highest BCUT2D eigenvalue weighted by molar-refractivity contribution is 7.77. The molecule has 2 fully saturated rings. The maximum Gasteiger partial charge on any atom is 0.408 e. The SMILES string of the molecule is CCCCCC=CC1CC1(NC(=O)C1CCCN1C(=O)CNC(=O)OC(C)(C)C)C(=O)NS(=O)O. The van der Waals surface area contributed by atoms with Gasteiger partial charge in [-0.1, -0.05) is 31.9 Å². The predicted molar refractivity (Wildman–Crippen MR) is 130 cm³/mol. The lowest BCUT2D eigenvalue weighted by Gasteiger charge is -2.27. The summed E-state index contributed by atoms with van der Waals surface area (Å²) in [4.78, 5) is 51.7. The molecule has 0 aromatic heterocycles. The van der Waals surface area contributed by atoms with E-state index in [1.807, 2.05) is 16.9 Å². The molecule has 0 aromatic carbocycles. The van der Waals surface area contributed by atoms with Crippen molar-refractivity contribution in [3.8, 4) is 0 Å². The largest absolute Gasteiger partial charge is 0.444 e. The Labute approximate surface area is 209 Å². The Morgan fingerprint density at radius 3 is 2.57 bits per heavy atom. The van der Waals surface area contributed by atoms with Crippen molar-refractivity contribution in [1.29, 1.82) is 0 Å². The topological polar surface area (TPSA) is 154 Å². The van der Waals surface area contributed by atoms with E-state index in [2.05, 4.69) is 17.6 Å². The molecule has 4 unspecified atom stereocenters. The number of ether oxygens (including phenoxy) is 1. The quantitative estimate of drug-likeness (QED) is 0.186. The Hall–Kier alpha value is -2.47. The number of likely N-dealkylation sites (tertiary alicyclic amines) is 1. The van der Waals surface area contributed by atoms with Crippen LogP contribution in [0.4, 0.5) is 4.79 Å². The molecular formula is C23H38N4O7S. The summed E-state index contributed by atoms with van der Waals surface area (Å²) in [6, 6.07) is -0.804. The minimum absolute atomic E-state index is 0.299. The molecule has 1 saturated heterocycles. The Balaban J connectivity index is 2.01. The van der Waals surface area contributed by atoms with E-state index < -0.39 is 52.3 Å². The van der Waals surface area contributed by atoms with Crippen molar-refractivity contribution in [2.45, 2.75) is 89.8 Å². The Morgan fingerprint density at radius 1 is 1.23 bits per heavy atom. The summed E-state index contributed by atoms with van der Waals surface area (Å²) in [5.41, 5.74) is -2.04. The van der Waals surface area contributed by atoms with Crippen LogP contribution in [0.1, 0.15) is 72.6 Å². The number of carbonyl (C=O) groups excluding carboxylic acids is 4. The maximum absolute atomic E-state index is 13.1. The van der Waals surface area contributed by atoms with Gasteiger partial charge in [0, 0.05) is 12.5 Å². The third-order valence-electron chi connectivity index (χ3n) is 5.95. The van der Waals surface area contributed by atoms with E-state index >= 15 is 0 Å². The fourth-order valence-corrected chi connectivity index (χ4v) is 4.47. The van der Waals surface area contributed by atoms with Gasteiger partial charge in [0.1, 0.15) is 23.7 Å². The first-order valence-corrected chi connectivity index (χ1v) is 13.2. The van der Waals surface area contributed by atoms with Gasteiger partial charge in [-0.2, -0.15) is 0 Å². The van der Waals surface area contributed by atoms with Crippen molar-refractivity contribution >= 4 is 35.1 Å². The third-order valence-corrected chi connectivity index (χ3v) is 6.31. The van der Waals surface area contributed by atoms with Crippen LogP contribution in [0.2, 0.25) is 0 Å². The normalized spacial score (nSPS) is 24.7. The molecule has 1 saturated carbocycles. The van der Waals surface area contributed by atoms with Crippen molar-refractivity contribution in [3.05, 3.63) is 12.2 Å². The highest BCUT2D eigenvalue weighted by Gasteiger charge is 2.61. The molecule has 4 amide bonds. The standard InChI is InChI=1S/C23H38N4O7S/c1-5-6-7-8-9-11-16-14-23(16,20(30)26-35(32)33)25-19(29)17-12-10-13-27(17)18(28)15-24-21(31)34-22(2,3)4/h9,11,16-17H,5-8,10,12-15H2,1-4H3,(H,24,31)(H,25,29)(H,26,30)(H,32,33). The number of unbranched alkanes of at least 4 members (excludes halogenated alkanes) is 3. The highest BCUT2D eigenvalue weighted by Crippen LogP contribution is 2.45. The average molecular weight is 515 g/mol. The molecule has 1 heterocycles. The molecule has 0 radical (unpaired) electrons. The fraction of sp³-hybridized carbons (Fsp3) is 0.739. The number of carbonyl (C=O) groups is 4. The smallest absolute Gasteiger partial charge is 0.408 e. The molecule has 2 aliphatic rings. The average Bonchev–Trinajstić information content (AvgIpc) is 3.21. The van der Waals surface area contributed by atoms with Gasteiger partial charge >= 0.3 is 6.09 Å². The number of nitrogens with zero attached hydrogens (tertiary/aromatic N) is 1. The van der Waals surface area contributed by atoms with Crippen molar-refractivity contribution in [2.24, 2.45) is 5.92 Å². The number of hydrogen-bond donors (Lipinski definition) is 4. The molecule has 1 aliphatic carbocycles. The van der Waals surface area contributed by atoms with E-state index in [-0.39, 0.29) is 12.5 Å². The first-order chi connectivity index (χ1) is 16.4. The van der Waals surface area contributed by atoms with E-state index in [0.717, 1.165) is 25.7 Å². The molecule has 0 spiro atoms. The second-order valence-electron chi connectivity index (χ2n) is 9.98. The van der Waals surface area contributed by atoms with E-state index in [1.165, 1.54) is 4.90 Å². The Bertz CT molecular complexity index is 857. The second-order valence-corrected chi connectivity index (χ2v) is 10.7. The lowest BCUT2D eigenvalue weighted by atomic mass is 10.1. The number of amides is 4. The Kier molecular flexibility index (Phi) is 10.3. The van der Waals surface area contributed by atoms with Crippen LogP contribution in [-0.4, -0.2) is 67.7 Å². The zero-order valence-corrected chi connectivity index (χ0v) is 21.7. The minimum atomic E-state index is -2.56. The van der Waals surface area contributed by atoms with Crippen LogP contribution < -0.4 is 15.4 Å². The van der Waals surface area contributed by atoms with Gasteiger partial charge in [-0.05, 0) is 52.9 Å². The maximum atomic E-state index is 13.1. The molecule has 35 heavy (non-hydrogen) atoms. The lowest BCUT2D eigenvalue weighted by molar-refractivity contribution is -0.139. The van der Waals surface area contributed by atoms with Crippen LogP contribution in [-0.2, 0) is 30.4 Å². The Morgan fingerprint density at radius 2 is 1.94 bits per heavy atom. The molecular weight excluding hydrogens is 476 g/mol. The van der Waals surface area contributed by atoms with Crippen LogP contribution >= 0.6 is 0 Å². The molecule has 198 valence electrons. The molecule has 11 nitrogen and oxygen atoms in total. The number of rotatable bonds is 11. The zero-order chi connectivity index (χ0) is 26.2. The number of nitrogens with one attached hydrogen (secondary N) is 3. The van der Waals surface area contributed by atoms with Crippen molar-refractivity contribution in [3.63, 3.8) is 0 Å². The summed E-state index contributed by atoms with van der Waals surface area (Å²) < 4.78 is 27.4. The predicted octanol–water partition coefficient (Wildman–Crippen LogP) is 1.77. The molecule has 4 N–H and O–H groups in total. The summed E-state index contributed by atoms with van der Waals surface area (Å²) >= 11 is -2.56. The van der Waals surface area contributed by atoms with E-state index in [4.69, 9.17) is 9.29 Å². The van der Waals surface area contributed by atoms with Gasteiger partial charge in [-0.15, -0.1) is 0 Å². The van der Waals surface area contributed by atoms with Gasteiger partial charge in [0.2, 0.25) is 11.8 Å². The number of hydrogen-bond acceptors (Lipinski definition) is 6. The molecule has 4 atom stereocenters. The summed E-state index contributed by atoms with van der Waals surface area (Å²) in [7, 11) is 0. The summed E-state index contributed by atoms with van der Waals surface area (Å²) in [6.07, 6.45) is 8.43. The zero-order valence-electron chi connectivity index (χ0n) is 20.9. The van der Waals surface area contributed by atoms with Crippen LogP contribution in [0.25, 0.3) is 0 Å². The third kappa shape index (κ3) is 8.60. The van der Waals surface area contributed by atoms with Crippen LogP contribution in [0.15, 0.2) is 12.2 Å². The van der Waals surface area contributed by atoms with Crippen LogP contribution in [0.3, 0.4) is 0 Å². The van der Waals surface area contributed by atoms with E-state index in [1.54, 1.807) is 20.8 Å². The van der Waals surface area contributed by atoms with E-state index in [9.17, 15) is 23.4 Å². The van der Waals surface area contributed by atoms with Gasteiger partial charge in [0.15, 0.2) is 0 Å². The van der Waals surface area contributed by atoms with Crippen LogP contribution in [0, 0.1) is 5.92 Å². The molecule has 1 aliphatic heterocycles. The summed E-state index contributed by atoms with van der Waals surface area (Å²) in [6.45, 7) is 7.25. The van der Waals surface area contributed by atoms with Gasteiger partial charge in [-0.25, -0.2) is 13.7 Å². The van der Waals surface area contributed by atoms with Crippen molar-refractivity contribution in [2.75, 3.05) is 13.1 Å². The first kappa shape index (κ1) is 28.8. The fourth-order valence-electron chi connectivity index (χ4n) is 4.13. The minimum Gasteiger partial charge on any atom is -0.444 e. The molecule has 0 bridgehead atoms. The van der Waals surface area contributed by atoms with Crippen molar-refractivity contribution < 1.29 is 32.7 Å². The van der Waals surface area contributed by atoms with Gasteiger partial charge in [-0.3, -0.25) is 18.9 Å². The molecule has 2 rings (SSSR count).